The molecule has 0 aromatic carbocycles. The zero-order valence-corrected chi connectivity index (χ0v) is 8.85. The predicted molar refractivity (Wildman–Crippen MR) is 53.9 cm³/mol. The third-order valence-electron chi connectivity index (χ3n) is 1.81. The first-order chi connectivity index (χ1) is 6.99. The van der Waals surface area contributed by atoms with Crippen molar-refractivity contribution in [3.63, 3.8) is 0 Å². The summed E-state index contributed by atoms with van der Waals surface area (Å²) in [7, 11) is 0. The number of hydrogen-bond donors (Lipinski definition) is 3. The fourth-order valence-electron chi connectivity index (χ4n) is 0.897. The molecule has 2 atom stereocenters. The van der Waals surface area contributed by atoms with Gasteiger partial charge in [-0.05, 0) is 26.2 Å². The molecule has 0 aromatic rings. The van der Waals surface area contributed by atoms with Crippen molar-refractivity contribution in [1.29, 1.82) is 0 Å². The molecule has 5 nitrogen and oxygen atoms in total. The number of aliphatic hydroxyl groups is 3. The molecule has 0 spiro atoms. The van der Waals surface area contributed by atoms with Gasteiger partial charge >= 0.3 is 5.97 Å². The number of unbranched alkanes of at least 4 members (excludes halogenated alkanes) is 1. The lowest BCUT2D eigenvalue weighted by atomic mass is 10.1. The minimum Gasteiger partial charge on any atom is -0.430 e. The molecule has 2 unspecified atom stereocenters. The van der Waals surface area contributed by atoms with Gasteiger partial charge in [-0.15, -0.1) is 0 Å². The average molecular weight is 218 g/mol. The Morgan fingerprint density at radius 1 is 1.40 bits per heavy atom. The van der Waals surface area contributed by atoms with Gasteiger partial charge in [-0.3, -0.25) is 0 Å². The van der Waals surface area contributed by atoms with Crippen molar-refractivity contribution >= 4 is 5.97 Å². The summed E-state index contributed by atoms with van der Waals surface area (Å²) < 4.78 is 4.51. The Hall–Kier alpha value is -0.910. The van der Waals surface area contributed by atoms with Crippen LogP contribution in [0.15, 0.2) is 12.2 Å². The highest BCUT2D eigenvalue weighted by Crippen LogP contribution is 2.07. The smallest absolute Gasteiger partial charge is 0.335 e. The lowest BCUT2D eigenvalue weighted by molar-refractivity contribution is -0.183. The fourth-order valence-corrected chi connectivity index (χ4v) is 0.897. The molecule has 0 radical (unpaired) electrons. The molecular weight excluding hydrogens is 200 g/mol. The van der Waals surface area contributed by atoms with E-state index >= 15 is 0 Å². The van der Waals surface area contributed by atoms with Crippen LogP contribution in [0.5, 0.6) is 0 Å². The van der Waals surface area contributed by atoms with E-state index in [1.807, 2.05) is 0 Å². The van der Waals surface area contributed by atoms with Crippen molar-refractivity contribution in [2.75, 3.05) is 6.61 Å². The standard InChI is InChI=1S/C10H18O5/c1-7(2)9(13)15-10(14)8(12)5-3-4-6-11/h8,10-12,14H,1,3-6H2,2H3. The molecule has 88 valence electrons. The monoisotopic (exact) mass is 218 g/mol. The summed E-state index contributed by atoms with van der Waals surface area (Å²) in [5.74, 6) is -0.733. The van der Waals surface area contributed by atoms with Crippen LogP contribution >= 0.6 is 0 Å². The van der Waals surface area contributed by atoms with Crippen LogP contribution in [0, 0.1) is 0 Å². The van der Waals surface area contributed by atoms with Crippen LogP contribution in [0.4, 0.5) is 0 Å². The highest BCUT2D eigenvalue weighted by Gasteiger charge is 2.20. The molecule has 0 aliphatic heterocycles. The first-order valence-corrected chi connectivity index (χ1v) is 4.82. The minimum absolute atomic E-state index is 0.0361. The maximum atomic E-state index is 11.0. The largest absolute Gasteiger partial charge is 0.430 e. The SMILES string of the molecule is C=C(C)C(=O)OC(O)C(O)CCCCO. The van der Waals surface area contributed by atoms with E-state index in [4.69, 9.17) is 5.11 Å². The van der Waals surface area contributed by atoms with Crippen LogP contribution in [-0.4, -0.2) is 40.3 Å². The molecule has 0 amide bonds. The number of carbonyl (C=O) groups excluding carboxylic acids is 1. The Morgan fingerprint density at radius 3 is 2.47 bits per heavy atom. The predicted octanol–water partition coefficient (Wildman–Crippen LogP) is -0.0524. The van der Waals surface area contributed by atoms with E-state index in [0.717, 1.165) is 0 Å². The number of aliphatic hydroxyl groups excluding tert-OH is 3. The van der Waals surface area contributed by atoms with E-state index in [-0.39, 0.29) is 18.6 Å². The highest BCUT2D eigenvalue weighted by atomic mass is 16.6. The molecule has 3 N–H and O–H groups in total. The first-order valence-electron chi connectivity index (χ1n) is 4.82. The third kappa shape index (κ3) is 6.22. The summed E-state index contributed by atoms with van der Waals surface area (Å²) in [6.07, 6.45) is -1.30. The normalized spacial score (nSPS) is 14.4. The van der Waals surface area contributed by atoms with Crippen molar-refractivity contribution in [2.24, 2.45) is 0 Å². The van der Waals surface area contributed by atoms with Crippen LogP contribution in [0.1, 0.15) is 26.2 Å². The molecule has 0 rings (SSSR count). The maximum Gasteiger partial charge on any atom is 0.335 e. The molecular formula is C10H18O5. The second-order valence-electron chi connectivity index (χ2n) is 3.36. The van der Waals surface area contributed by atoms with Crippen molar-refractivity contribution < 1.29 is 24.9 Å². The van der Waals surface area contributed by atoms with Gasteiger partial charge in [0.2, 0.25) is 6.29 Å². The number of carbonyl (C=O) groups is 1. The number of rotatable bonds is 7. The number of ether oxygens (including phenoxy) is 1. The van der Waals surface area contributed by atoms with Crippen molar-refractivity contribution in [2.45, 2.75) is 38.6 Å². The molecule has 0 heterocycles. The molecule has 0 fully saturated rings. The van der Waals surface area contributed by atoms with Gasteiger partial charge in [-0.2, -0.15) is 0 Å². The summed E-state index contributed by atoms with van der Waals surface area (Å²) in [5.41, 5.74) is 0.164. The van der Waals surface area contributed by atoms with Crippen molar-refractivity contribution in [3.05, 3.63) is 12.2 Å². The topological polar surface area (TPSA) is 87.0 Å². The van der Waals surface area contributed by atoms with Crippen LogP contribution in [0.2, 0.25) is 0 Å². The molecule has 0 saturated heterocycles. The van der Waals surface area contributed by atoms with E-state index in [1.165, 1.54) is 6.92 Å². The second kappa shape index (κ2) is 7.39. The average Bonchev–Trinajstić information content (AvgIpc) is 2.17. The quantitative estimate of drug-likeness (QED) is 0.241. The summed E-state index contributed by atoms with van der Waals surface area (Å²) in [4.78, 5) is 11.0. The highest BCUT2D eigenvalue weighted by molar-refractivity contribution is 5.87. The fraction of sp³-hybridized carbons (Fsp3) is 0.700. The summed E-state index contributed by atoms with van der Waals surface area (Å²) >= 11 is 0. The Bertz CT molecular complexity index is 214. The van der Waals surface area contributed by atoms with E-state index < -0.39 is 18.4 Å². The van der Waals surface area contributed by atoms with Gasteiger partial charge in [0.05, 0.1) is 0 Å². The summed E-state index contributed by atoms with van der Waals surface area (Å²) in [6.45, 7) is 4.83. The molecule has 0 saturated carbocycles. The van der Waals surface area contributed by atoms with Crippen molar-refractivity contribution in [3.8, 4) is 0 Å². The maximum absolute atomic E-state index is 11.0. The third-order valence-corrected chi connectivity index (χ3v) is 1.81. The molecule has 15 heavy (non-hydrogen) atoms. The lowest BCUT2D eigenvalue weighted by Gasteiger charge is -2.17. The van der Waals surface area contributed by atoms with Gasteiger partial charge in [0.1, 0.15) is 6.10 Å². The molecule has 0 aromatic heterocycles. The van der Waals surface area contributed by atoms with Gasteiger partial charge in [0.15, 0.2) is 0 Å². The Morgan fingerprint density at radius 2 is 2.00 bits per heavy atom. The second-order valence-corrected chi connectivity index (χ2v) is 3.36. The van der Waals surface area contributed by atoms with Crippen LogP contribution in [0.25, 0.3) is 0 Å². The zero-order valence-electron chi connectivity index (χ0n) is 8.85. The van der Waals surface area contributed by atoms with Gasteiger partial charge < -0.3 is 20.1 Å². The zero-order chi connectivity index (χ0) is 11.8. The van der Waals surface area contributed by atoms with Crippen LogP contribution in [-0.2, 0) is 9.53 Å². The summed E-state index contributed by atoms with van der Waals surface area (Å²) in [5, 5.41) is 27.1. The van der Waals surface area contributed by atoms with Crippen LogP contribution in [0.3, 0.4) is 0 Å². The molecule has 0 aliphatic rings. The van der Waals surface area contributed by atoms with E-state index in [1.54, 1.807) is 0 Å². The first kappa shape index (κ1) is 14.1. The van der Waals surface area contributed by atoms with Crippen molar-refractivity contribution in [1.82, 2.24) is 0 Å². The number of esters is 1. The molecule has 0 bridgehead atoms. The lowest BCUT2D eigenvalue weighted by Crippen LogP contribution is -2.31. The van der Waals surface area contributed by atoms with E-state index in [0.29, 0.717) is 12.8 Å². The summed E-state index contributed by atoms with van der Waals surface area (Å²) in [6, 6.07) is 0. The minimum atomic E-state index is -1.53. The van der Waals surface area contributed by atoms with Crippen LogP contribution < -0.4 is 0 Å². The molecule has 0 aliphatic carbocycles. The van der Waals surface area contributed by atoms with Gasteiger partial charge in [-0.1, -0.05) is 6.58 Å². The van der Waals surface area contributed by atoms with E-state index in [9.17, 15) is 15.0 Å². The van der Waals surface area contributed by atoms with Gasteiger partial charge in [0.25, 0.3) is 0 Å². The van der Waals surface area contributed by atoms with Gasteiger partial charge in [0, 0.05) is 12.2 Å². The molecule has 5 heteroatoms. The van der Waals surface area contributed by atoms with Gasteiger partial charge in [-0.25, -0.2) is 4.79 Å². The number of hydrogen-bond acceptors (Lipinski definition) is 5. The van der Waals surface area contributed by atoms with E-state index in [2.05, 4.69) is 11.3 Å². The Labute approximate surface area is 89.0 Å². The Balaban J connectivity index is 3.82. The Kier molecular flexibility index (Phi) is 6.94.